The number of hydrogen-bond acceptors (Lipinski definition) is 5. The van der Waals surface area contributed by atoms with Crippen LogP contribution < -0.4 is 0 Å². The Morgan fingerprint density at radius 2 is 1.81 bits per heavy atom. The summed E-state index contributed by atoms with van der Waals surface area (Å²) in [5.74, 6) is 0. The van der Waals surface area contributed by atoms with Crippen LogP contribution in [0.5, 0.6) is 0 Å². The van der Waals surface area contributed by atoms with E-state index in [0.29, 0.717) is 38.2 Å². The number of hydrogen-bond donors (Lipinski definition) is 0. The second-order valence-corrected chi connectivity index (χ2v) is 3.38. The summed E-state index contributed by atoms with van der Waals surface area (Å²) in [7, 11) is 1.64. The molecular weight excluding hydrogens is 232 g/mol. The van der Waals surface area contributed by atoms with Crippen molar-refractivity contribution in [1.29, 1.82) is 0 Å². The first-order valence-electron chi connectivity index (χ1n) is 4.94. The van der Waals surface area contributed by atoms with Crippen molar-refractivity contribution in [2.24, 2.45) is 0 Å². The second-order valence-electron chi connectivity index (χ2n) is 2.99. The van der Waals surface area contributed by atoms with Gasteiger partial charge < -0.3 is 14.2 Å². The molecule has 0 radical (unpaired) electrons. The van der Waals surface area contributed by atoms with Gasteiger partial charge in [0.25, 0.3) is 0 Å². The van der Waals surface area contributed by atoms with E-state index in [0.717, 1.165) is 5.69 Å². The summed E-state index contributed by atoms with van der Waals surface area (Å²) in [6.45, 7) is 2.67. The lowest BCUT2D eigenvalue weighted by Gasteiger charge is -2.04. The molecule has 16 heavy (non-hydrogen) atoms. The Labute approximate surface area is 99.7 Å². The Hall–Kier alpha value is -0.750. The topological polar surface area (TPSA) is 53.5 Å². The molecule has 0 unspecified atom stereocenters. The van der Waals surface area contributed by atoms with Gasteiger partial charge in [-0.25, -0.2) is 4.98 Å². The van der Waals surface area contributed by atoms with E-state index in [1.807, 2.05) is 0 Å². The SMILES string of the molecule is COCCOCCOCc1cnc(Cl)cn1. The quantitative estimate of drug-likeness (QED) is 0.648. The molecule has 1 aromatic heterocycles. The van der Waals surface area contributed by atoms with Crippen molar-refractivity contribution in [3.05, 3.63) is 23.2 Å². The average molecular weight is 247 g/mol. The van der Waals surface area contributed by atoms with Gasteiger partial charge in [-0.05, 0) is 0 Å². The molecule has 0 atom stereocenters. The van der Waals surface area contributed by atoms with Crippen molar-refractivity contribution in [3.63, 3.8) is 0 Å². The summed E-state index contributed by atoms with van der Waals surface area (Å²) in [5, 5.41) is 0.381. The molecule has 0 saturated heterocycles. The van der Waals surface area contributed by atoms with Gasteiger partial charge in [-0.3, -0.25) is 4.98 Å². The van der Waals surface area contributed by atoms with E-state index in [4.69, 9.17) is 25.8 Å². The van der Waals surface area contributed by atoms with Crippen LogP contribution in [0.1, 0.15) is 5.69 Å². The Morgan fingerprint density at radius 1 is 1.06 bits per heavy atom. The number of ether oxygens (including phenoxy) is 3. The van der Waals surface area contributed by atoms with Crippen molar-refractivity contribution in [3.8, 4) is 0 Å². The molecule has 0 aliphatic rings. The molecule has 0 aliphatic carbocycles. The number of rotatable bonds is 8. The summed E-state index contributed by atoms with van der Waals surface area (Å²) in [6.07, 6.45) is 3.09. The van der Waals surface area contributed by atoms with Crippen LogP contribution in [-0.2, 0) is 20.8 Å². The van der Waals surface area contributed by atoms with Crippen molar-refractivity contribution >= 4 is 11.6 Å². The maximum absolute atomic E-state index is 5.60. The summed E-state index contributed by atoms with van der Waals surface area (Å²) in [5.41, 5.74) is 0.751. The van der Waals surface area contributed by atoms with E-state index in [2.05, 4.69) is 9.97 Å². The molecule has 1 aromatic rings. The Kier molecular flexibility index (Phi) is 7.00. The van der Waals surface area contributed by atoms with Gasteiger partial charge in [0.05, 0.1) is 51.1 Å². The molecule has 1 rings (SSSR count). The molecule has 1 heterocycles. The van der Waals surface area contributed by atoms with Crippen LogP contribution in [0.4, 0.5) is 0 Å². The monoisotopic (exact) mass is 246 g/mol. The molecule has 5 nitrogen and oxygen atoms in total. The van der Waals surface area contributed by atoms with Crippen LogP contribution in [0.25, 0.3) is 0 Å². The number of aromatic nitrogens is 2. The molecule has 0 spiro atoms. The molecule has 0 fully saturated rings. The van der Waals surface area contributed by atoms with Crippen molar-refractivity contribution < 1.29 is 14.2 Å². The third-order valence-corrected chi connectivity index (χ3v) is 1.92. The van der Waals surface area contributed by atoms with Gasteiger partial charge in [0.2, 0.25) is 0 Å². The first kappa shape index (κ1) is 13.3. The first-order chi connectivity index (χ1) is 7.83. The van der Waals surface area contributed by atoms with Gasteiger partial charge >= 0.3 is 0 Å². The van der Waals surface area contributed by atoms with E-state index in [9.17, 15) is 0 Å². The minimum Gasteiger partial charge on any atom is -0.382 e. The van der Waals surface area contributed by atoms with E-state index in [1.54, 1.807) is 13.3 Å². The van der Waals surface area contributed by atoms with Gasteiger partial charge in [-0.1, -0.05) is 11.6 Å². The van der Waals surface area contributed by atoms with Crippen molar-refractivity contribution in [2.75, 3.05) is 33.5 Å². The van der Waals surface area contributed by atoms with Crippen LogP contribution in [0.2, 0.25) is 5.15 Å². The lowest BCUT2D eigenvalue weighted by molar-refractivity contribution is 0.0192. The molecule has 0 saturated carbocycles. The maximum Gasteiger partial charge on any atom is 0.147 e. The van der Waals surface area contributed by atoms with Crippen LogP contribution in [0, 0.1) is 0 Å². The fraction of sp³-hybridized carbons (Fsp3) is 0.600. The van der Waals surface area contributed by atoms with E-state index in [1.165, 1.54) is 6.20 Å². The molecule has 0 aliphatic heterocycles. The lowest BCUT2D eigenvalue weighted by Crippen LogP contribution is -2.08. The standard InChI is InChI=1S/C10H15ClN2O3/c1-14-2-3-15-4-5-16-8-9-6-13-10(11)7-12-9/h6-7H,2-5,8H2,1H3. The Balaban J connectivity index is 2.01. The van der Waals surface area contributed by atoms with Gasteiger partial charge in [-0.15, -0.1) is 0 Å². The van der Waals surface area contributed by atoms with Crippen LogP contribution in [0.15, 0.2) is 12.4 Å². The lowest BCUT2D eigenvalue weighted by atomic mass is 10.5. The predicted molar refractivity (Wildman–Crippen MR) is 59.4 cm³/mol. The highest BCUT2D eigenvalue weighted by atomic mass is 35.5. The zero-order valence-electron chi connectivity index (χ0n) is 9.19. The molecule has 0 aromatic carbocycles. The Morgan fingerprint density at radius 3 is 2.50 bits per heavy atom. The summed E-state index contributed by atoms with van der Waals surface area (Å²) < 4.78 is 15.4. The van der Waals surface area contributed by atoms with Crippen LogP contribution in [-0.4, -0.2) is 43.5 Å². The summed E-state index contributed by atoms with van der Waals surface area (Å²) >= 11 is 5.60. The van der Waals surface area contributed by atoms with Crippen LogP contribution >= 0.6 is 11.6 Å². The molecule has 0 N–H and O–H groups in total. The third-order valence-electron chi connectivity index (χ3n) is 1.73. The highest BCUT2D eigenvalue weighted by Crippen LogP contribution is 2.02. The van der Waals surface area contributed by atoms with Crippen LogP contribution in [0.3, 0.4) is 0 Å². The fourth-order valence-electron chi connectivity index (χ4n) is 0.952. The minimum absolute atomic E-state index is 0.381. The largest absolute Gasteiger partial charge is 0.382 e. The fourth-order valence-corrected chi connectivity index (χ4v) is 1.05. The predicted octanol–water partition coefficient (Wildman–Crippen LogP) is 1.31. The minimum atomic E-state index is 0.381. The van der Waals surface area contributed by atoms with E-state index >= 15 is 0 Å². The molecule has 6 heteroatoms. The van der Waals surface area contributed by atoms with Crippen molar-refractivity contribution in [1.82, 2.24) is 9.97 Å². The summed E-state index contributed by atoms with van der Waals surface area (Å²) in [6, 6.07) is 0. The smallest absolute Gasteiger partial charge is 0.147 e. The second kappa shape index (κ2) is 8.41. The molecule has 0 bridgehead atoms. The van der Waals surface area contributed by atoms with E-state index < -0.39 is 0 Å². The van der Waals surface area contributed by atoms with Crippen molar-refractivity contribution in [2.45, 2.75) is 6.61 Å². The first-order valence-corrected chi connectivity index (χ1v) is 5.31. The third kappa shape index (κ3) is 5.97. The highest BCUT2D eigenvalue weighted by Gasteiger charge is 1.96. The molecule has 90 valence electrons. The summed E-state index contributed by atoms with van der Waals surface area (Å²) in [4.78, 5) is 7.94. The zero-order valence-corrected chi connectivity index (χ0v) is 9.94. The van der Waals surface area contributed by atoms with Gasteiger partial charge in [-0.2, -0.15) is 0 Å². The molecule has 0 amide bonds. The van der Waals surface area contributed by atoms with Gasteiger partial charge in [0.1, 0.15) is 5.15 Å². The highest BCUT2D eigenvalue weighted by molar-refractivity contribution is 6.29. The van der Waals surface area contributed by atoms with E-state index in [-0.39, 0.29) is 0 Å². The number of nitrogens with zero attached hydrogens (tertiary/aromatic N) is 2. The normalized spacial score (nSPS) is 10.6. The maximum atomic E-state index is 5.60. The molecular formula is C10H15ClN2O3. The van der Waals surface area contributed by atoms with Gasteiger partial charge in [0, 0.05) is 7.11 Å². The Bertz CT molecular complexity index is 282. The number of methoxy groups -OCH3 is 1. The average Bonchev–Trinajstić information content (AvgIpc) is 2.30. The van der Waals surface area contributed by atoms with Gasteiger partial charge in [0.15, 0.2) is 0 Å². The zero-order chi connectivity index (χ0) is 11.6. The number of halogens is 1.